The molecule has 140 valence electrons. The number of para-hydroxylation sites is 1. The molecule has 1 atom stereocenters. The van der Waals surface area contributed by atoms with Gasteiger partial charge in [0, 0.05) is 35.2 Å². The Bertz CT molecular complexity index is 933. The lowest BCUT2D eigenvalue weighted by molar-refractivity contribution is -0.126. The summed E-state index contributed by atoms with van der Waals surface area (Å²) in [7, 11) is -3.26. The summed E-state index contributed by atoms with van der Waals surface area (Å²) in [5.74, 6) is -0.555. The number of piperidine rings is 1. The molecule has 0 saturated carbocycles. The fraction of sp³-hybridized carbons (Fsp3) is 0.444. The van der Waals surface area contributed by atoms with E-state index in [0.29, 0.717) is 19.4 Å². The number of carbonyl (C=O) groups is 1. The van der Waals surface area contributed by atoms with E-state index in [-0.39, 0.29) is 24.1 Å². The van der Waals surface area contributed by atoms with Crippen molar-refractivity contribution in [3.8, 4) is 0 Å². The second-order valence-electron chi connectivity index (χ2n) is 6.54. The fourth-order valence-corrected chi connectivity index (χ4v) is 4.49. The molecule has 0 radical (unpaired) electrons. The van der Waals surface area contributed by atoms with Gasteiger partial charge in [0.1, 0.15) is 0 Å². The minimum absolute atomic E-state index is 0.0549. The summed E-state index contributed by atoms with van der Waals surface area (Å²) >= 11 is 0. The van der Waals surface area contributed by atoms with Crippen LogP contribution in [0.25, 0.3) is 10.9 Å². The van der Waals surface area contributed by atoms with Crippen LogP contribution in [0.4, 0.5) is 0 Å². The lowest BCUT2D eigenvalue weighted by Crippen LogP contribution is -2.45. The van der Waals surface area contributed by atoms with Gasteiger partial charge in [0.05, 0.1) is 17.9 Å². The van der Waals surface area contributed by atoms with E-state index < -0.39 is 10.0 Å². The molecule has 0 aliphatic carbocycles. The summed E-state index contributed by atoms with van der Waals surface area (Å²) < 4.78 is 25.4. The van der Waals surface area contributed by atoms with Crippen LogP contribution in [-0.4, -0.2) is 48.7 Å². The topological polar surface area (TPSA) is 94.6 Å². The molecule has 2 N–H and O–H groups in total. The standard InChI is InChI=1S/C18H24N4O3S/c1-3-26(24,25)22-10-6-7-14(12-22)18(23)21-19-11-16-13(2)20-17-9-5-4-8-15(16)17/h4-5,8-9,11,14,20H,3,6-7,10,12H2,1-2H3,(H,21,23). The van der Waals surface area contributed by atoms with E-state index in [1.54, 1.807) is 13.1 Å². The molecular formula is C18H24N4O3S. The highest BCUT2D eigenvalue weighted by molar-refractivity contribution is 7.89. The molecule has 1 saturated heterocycles. The van der Waals surface area contributed by atoms with Crippen molar-refractivity contribution < 1.29 is 13.2 Å². The number of hydrogen-bond donors (Lipinski definition) is 2. The van der Waals surface area contributed by atoms with E-state index in [0.717, 1.165) is 22.2 Å². The number of rotatable bonds is 5. The van der Waals surface area contributed by atoms with Crippen molar-refractivity contribution in [2.75, 3.05) is 18.8 Å². The maximum absolute atomic E-state index is 12.4. The molecule has 1 amide bonds. The molecule has 1 aromatic carbocycles. The number of H-pyrrole nitrogens is 1. The lowest BCUT2D eigenvalue weighted by atomic mass is 9.99. The number of fused-ring (bicyclic) bond motifs is 1. The first kappa shape index (κ1) is 18.6. The van der Waals surface area contributed by atoms with Crippen LogP contribution in [0.5, 0.6) is 0 Å². The molecule has 26 heavy (non-hydrogen) atoms. The maximum atomic E-state index is 12.4. The van der Waals surface area contributed by atoms with Crippen molar-refractivity contribution in [3.63, 3.8) is 0 Å². The van der Waals surface area contributed by atoms with Gasteiger partial charge in [-0.15, -0.1) is 0 Å². The molecule has 0 bridgehead atoms. The van der Waals surface area contributed by atoms with Gasteiger partial charge in [-0.2, -0.15) is 5.10 Å². The first-order chi connectivity index (χ1) is 12.4. The third-order valence-corrected chi connectivity index (χ3v) is 6.67. The largest absolute Gasteiger partial charge is 0.358 e. The fourth-order valence-electron chi connectivity index (χ4n) is 3.31. The average molecular weight is 376 g/mol. The Morgan fingerprint density at radius 2 is 2.19 bits per heavy atom. The Morgan fingerprint density at radius 3 is 2.96 bits per heavy atom. The molecule has 2 heterocycles. The maximum Gasteiger partial charge on any atom is 0.244 e. The first-order valence-corrected chi connectivity index (χ1v) is 10.4. The van der Waals surface area contributed by atoms with Crippen molar-refractivity contribution >= 4 is 33.0 Å². The van der Waals surface area contributed by atoms with Gasteiger partial charge in [-0.1, -0.05) is 18.2 Å². The second-order valence-corrected chi connectivity index (χ2v) is 8.80. The van der Waals surface area contributed by atoms with Gasteiger partial charge in [0.25, 0.3) is 0 Å². The minimum Gasteiger partial charge on any atom is -0.358 e. The molecule has 1 aliphatic rings. The van der Waals surface area contributed by atoms with Crippen molar-refractivity contribution in [1.82, 2.24) is 14.7 Å². The smallest absolute Gasteiger partial charge is 0.244 e. The van der Waals surface area contributed by atoms with E-state index in [1.807, 2.05) is 31.2 Å². The highest BCUT2D eigenvalue weighted by Gasteiger charge is 2.31. The number of aromatic amines is 1. The van der Waals surface area contributed by atoms with Gasteiger partial charge < -0.3 is 4.98 Å². The summed E-state index contributed by atoms with van der Waals surface area (Å²) in [6.07, 6.45) is 2.99. The van der Waals surface area contributed by atoms with Gasteiger partial charge in [0.2, 0.25) is 15.9 Å². The summed E-state index contributed by atoms with van der Waals surface area (Å²) in [4.78, 5) is 15.7. The zero-order chi connectivity index (χ0) is 18.7. The number of nitrogens with zero attached hydrogens (tertiary/aromatic N) is 2. The Morgan fingerprint density at radius 1 is 1.42 bits per heavy atom. The van der Waals surface area contributed by atoms with Crippen molar-refractivity contribution in [3.05, 3.63) is 35.5 Å². The van der Waals surface area contributed by atoms with Crippen LogP contribution in [0, 0.1) is 12.8 Å². The Kier molecular flexibility index (Phi) is 5.43. The molecule has 2 aromatic rings. The van der Waals surface area contributed by atoms with Crippen LogP contribution in [0.2, 0.25) is 0 Å². The van der Waals surface area contributed by atoms with Crippen LogP contribution >= 0.6 is 0 Å². The molecular weight excluding hydrogens is 352 g/mol. The molecule has 1 aromatic heterocycles. The number of nitrogens with one attached hydrogen (secondary N) is 2. The third kappa shape index (κ3) is 3.81. The van der Waals surface area contributed by atoms with Crippen molar-refractivity contribution in [2.24, 2.45) is 11.0 Å². The number of aryl methyl sites for hydroxylation is 1. The number of hydrazone groups is 1. The van der Waals surface area contributed by atoms with Gasteiger partial charge in [0.15, 0.2) is 0 Å². The molecule has 1 fully saturated rings. The highest BCUT2D eigenvalue weighted by atomic mass is 32.2. The zero-order valence-corrected chi connectivity index (χ0v) is 15.8. The summed E-state index contributed by atoms with van der Waals surface area (Å²) in [6.45, 7) is 4.28. The number of sulfonamides is 1. The Hall–Kier alpha value is -2.19. The summed E-state index contributed by atoms with van der Waals surface area (Å²) in [6, 6.07) is 7.90. The molecule has 7 nitrogen and oxygen atoms in total. The quantitative estimate of drug-likeness (QED) is 0.617. The SMILES string of the molecule is CCS(=O)(=O)N1CCCC(C(=O)NN=Cc2c(C)[nH]c3ccccc23)C1. The molecule has 3 rings (SSSR count). The van der Waals surface area contributed by atoms with E-state index in [2.05, 4.69) is 15.5 Å². The molecule has 1 aliphatic heterocycles. The van der Waals surface area contributed by atoms with Crippen LogP contribution in [-0.2, 0) is 14.8 Å². The average Bonchev–Trinajstić information content (AvgIpc) is 2.97. The predicted octanol–water partition coefficient (Wildman–Crippen LogP) is 1.99. The number of hydrogen-bond acceptors (Lipinski definition) is 4. The zero-order valence-electron chi connectivity index (χ0n) is 15.0. The van der Waals surface area contributed by atoms with Gasteiger partial charge in [-0.05, 0) is 32.8 Å². The minimum atomic E-state index is -3.26. The molecule has 8 heteroatoms. The number of carbonyl (C=O) groups excluding carboxylic acids is 1. The highest BCUT2D eigenvalue weighted by Crippen LogP contribution is 2.21. The first-order valence-electron chi connectivity index (χ1n) is 8.80. The van der Waals surface area contributed by atoms with Gasteiger partial charge in [-0.25, -0.2) is 18.1 Å². The second kappa shape index (κ2) is 7.59. The van der Waals surface area contributed by atoms with Gasteiger partial charge >= 0.3 is 0 Å². The molecule has 0 spiro atoms. The van der Waals surface area contributed by atoms with E-state index in [4.69, 9.17) is 0 Å². The summed E-state index contributed by atoms with van der Waals surface area (Å²) in [5.41, 5.74) is 5.49. The normalized spacial score (nSPS) is 19.2. The lowest BCUT2D eigenvalue weighted by Gasteiger charge is -2.30. The monoisotopic (exact) mass is 376 g/mol. The number of amides is 1. The summed E-state index contributed by atoms with van der Waals surface area (Å²) in [5, 5.41) is 5.14. The van der Waals surface area contributed by atoms with Crippen molar-refractivity contribution in [1.29, 1.82) is 0 Å². The Balaban J connectivity index is 1.66. The van der Waals surface area contributed by atoms with E-state index >= 15 is 0 Å². The molecule has 1 unspecified atom stereocenters. The van der Waals surface area contributed by atoms with Gasteiger partial charge in [-0.3, -0.25) is 4.79 Å². The van der Waals surface area contributed by atoms with Crippen LogP contribution in [0.15, 0.2) is 29.4 Å². The van der Waals surface area contributed by atoms with Crippen LogP contribution in [0.3, 0.4) is 0 Å². The third-order valence-electron chi connectivity index (χ3n) is 4.82. The van der Waals surface area contributed by atoms with Crippen molar-refractivity contribution in [2.45, 2.75) is 26.7 Å². The predicted molar refractivity (Wildman–Crippen MR) is 103 cm³/mol. The van der Waals surface area contributed by atoms with Crippen LogP contribution in [0.1, 0.15) is 31.0 Å². The Labute approximate surface area is 153 Å². The van der Waals surface area contributed by atoms with E-state index in [9.17, 15) is 13.2 Å². The number of benzene rings is 1. The number of aromatic nitrogens is 1. The van der Waals surface area contributed by atoms with E-state index in [1.165, 1.54) is 4.31 Å². The van der Waals surface area contributed by atoms with Crippen LogP contribution < -0.4 is 5.43 Å².